The van der Waals surface area contributed by atoms with Gasteiger partial charge in [0.25, 0.3) is 10.0 Å². The molecule has 0 saturated carbocycles. The summed E-state index contributed by atoms with van der Waals surface area (Å²) in [5, 5.41) is 2.57. The van der Waals surface area contributed by atoms with Gasteiger partial charge in [0.2, 0.25) is 5.91 Å². The standard InChI is InChI=1S/C21H24N4O4S3/c1-15-14-31-21(22-15)19-11-18(12-25(19)13-20(26)24-7-9-29-10-8-24)32(27,28)23-16-3-5-17(30-2)6-4-16/h3-6,11-12,14,23H,7-10,13H2,1-2H3. The van der Waals surface area contributed by atoms with Crippen molar-refractivity contribution < 1.29 is 17.9 Å². The van der Waals surface area contributed by atoms with Crippen LogP contribution in [0.1, 0.15) is 5.69 Å². The zero-order chi connectivity index (χ0) is 22.7. The van der Waals surface area contributed by atoms with Crippen LogP contribution in [0.25, 0.3) is 10.7 Å². The Kier molecular flexibility index (Phi) is 6.89. The normalized spacial score (nSPS) is 14.5. The Bertz CT molecular complexity index is 1200. The monoisotopic (exact) mass is 492 g/mol. The zero-order valence-electron chi connectivity index (χ0n) is 17.8. The lowest BCUT2D eigenvalue weighted by Gasteiger charge is -2.27. The number of rotatable bonds is 7. The summed E-state index contributed by atoms with van der Waals surface area (Å²) in [5.74, 6) is -0.0806. The summed E-state index contributed by atoms with van der Waals surface area (Å²) in [6.45, 7) is 3.99. The fourth-order valence-electron chi connectivity index (χ4n) is 3.34. The van der Waals surface area contributed by atoms with Crippen LogP contribution in [0.15, 0.2) is 51.7 Å². The maximum atomic E-state index is 13.1. The third-order valence-electron chi connectivity index (χ3n) is 5.03. The first-order valence-corrected chi connectivity index (χ1v) is 13.6. The summed E-state index contributed by atoms with van der Waals surface area (Å²) in [5.41, 5.74) is 1.92. The molecular weight excluding hydrogens is 468 g/mol. The zero-order valence-corrected chi connectivity index (χ0v) is 20.2. The number of amides is 1. The molecule has 2 aromatic heterocycles. The minimum atomic E-state index is -3.84. The lowest BCUT2D eigenvalue weighted by atomic mass is 10.3. The van der Waals surface area contributed by atoms with E-state index in [-0.39, 0.29) is 17.3 Å². The van der Waals surface area contributed by atoms with Crippen molar-refractivity contribution in [2.45, 2.75) is 23.3 Å². The van der Waals surface area contributed by atoms with Crippen LogP contribution >= 0.6 is 23.1 Å². The minimum absolute atomic E-state index is 0.0336. The lowest BCUT2D eigenvalue weighted by Crippen LogP contribution is -2.42. The Morgan fingerprint density at radius 2 is 1.97 bits per heavy atom. The van der Waals surface area contributed by atoms with Crippen molar-refractivity contribution in [2.24, 2.45) is 0 Å². The molecule has 4 rings (SSSR count). The summed E-state index contributed by atoms with van der Waals surface area (Å²) < 4.78 is 35.8. The van der Waals surface area contributed by atoms with Crippen LogP contribution in [0, 0.1) is 6.92 Å². The summed E-state index contributed by atoms with van der Waals surface area (Å²) in [4.78, 5) is 20.2. The van der Waals surface area contributed by atoms with Crippen LogP contribution < -0.4 is 4.72 Å². The number of hydrogen-bond donors (Lipinski definition) is 1. The average molecular weight is 493 g/mol. The van der Waals surface area contributed by atoms with Crippen molar-refractivity contribution in [3.63, 3.8) is 0 Å². The molecule has 3 aromatic rings. The summed E-state index contributed by atoms with van der Waals surface area (Å²) in [6, 6.07) is 8.75. The van der Waals surface area contributed by atoms with Crippen molar-refractivity contribution in [1.29, 1.82) is 0 Å². The van der Waals surface area contributed by atoms with Gasteiger partial charge in [-0.05, 0) is 43.5 Å². The Labute approximate surface area is 195 Å². The van der Waals surface area contributed by atoms with Gasteiger partial charge in [-0.3, -0.25) is 9.52 Å². The SMILES string of the molecule is CSc1ccc(NS(=O)(=O)c2cc(-c3nc(C)cs3)n(CC(=O)N3CCOCC3)c2)cc1. The van der Waals surface area contributed by atoms with Gasteiger partial charge in [-0.1, -0.05) is 0 Å². The van der Waals surface area contributed by atoms with E-state index in [0.29, 0.717) is 42.7 Å². The maximum Gasteiger partial charge on any atom is 0.263 e. The topological polar surface area (TPSA) is 93.5 Å². The first-order chi connectivity index (χ1) is 15.4. The number of nitrogens with one attached hydrogen (secondary N) is 1. The van der Waals surface area contributed by atoms with Gasteiger partial charge in [0, 0.05) is 40.9 Å². The van der Waals surface area contributed by atoms with Gasteiger partial charge in [-0.25, -0.2) is 13.4 Å². The molecule has 3 heterocycles. The molecule has 0 bridgehead atoms. The third kappa shape index (κ3) is 5.17. The van der Waals surface area contributed by atoms with E-state index in [0.717, 1.165) is 10.6 Å². The van der Waals surface area contributed by atoms with Crippen LogP contribution in [-0.4, -0.2) is 61.3 Å². The minimum Gasteiger partial charge on any atom is -0.378 e. The van der Waals surface area contributed by atoms with Gasteiger partial charge >= 0.3 is 0 Å². The highest BCUT2D eigenvalue weighted by Gasteiger charge is 2.24. The molecule has 0 spiro atoms. The Balaban J connectivity index is 1.63. The first kappa shape index (κ1) is 22.8. The van der Waals surface area contributed by atoms with Crippen molar-refractivity contribution in [3.8, 4) is 10.7 Å². The smallest absolute Gasteiger partial charge is 0.263 e. The molecular formula is C21H24N4O4S3. The van der Waals surface area contributed by atoms with E-state index >= 15 is 0 Å². The number of hydrogen-bond acceptors (Lipinski definition) is 7. The van der Waals surface area contributed by atoms with Crippen LogP contribution in [0.3, 0.4) is 0 Å². The quantitative estimate of drug-likeness (QED) is 0.509. The highest BCUT2D eigenvalue weighted by atomic mass is 32.2. The highest BCUT2D eigenvalue weighted by Crippen LogP contribution is 2.29. The molecule has 0 atom stereocenters. The van der Waals surface area contributed by atoms with E-state index in [2.05, 4.69) is 9.71 Å². The summed E-state index contributed by atoms with van der Waals surface area (Å²) in [7, 11) is -3.84. The fraction of sp³-hybridized carbons (Fsp3) is 0.333. The lowest BCUT2D eigenvalue weighted by molar-refractivity contribution is -0.135. The molecule has 0 radical (unpaired) electrons. The second-order valence-electron chi connectivity index (χ2n) is 7.31. The molecule has 1 aromatic carbocycles. The van der Waals surface area contributed by atoms with Crippen molar-refractivity contribution in [1.82, 2.24) is 14.5 Å². The molecule has 11 heteroatoms. The number of carbonyl (C=O) groups is 1. The second-order valence-corrected chi connectivity index (χ2v) is 10.7. The molecule has 1 amide bonds. The number of thiazole rings is 1. The van der Waals surface area contributed by atoms with Gasteiger partial charge in [-0.15, -0.1) is 23.1 Å². The van der Waals surface area contributed by atoms with Gasteiger partial charge in [0.05, 0.1) is 18.9 Å². The number of carbonyl (C=O) groups excluding carboxylic acids is 1. The van der Waals surface area contributed by atoms with Crippen LogP contribution in [-0.2, 0) is 26.1 Å². The van der Waals surface area contributed by atoms with Crippen LogP contribution in [0.2, 0.25) is 0 Å². The number of sulfonamides is 1. The molecule has 1 aliphatic heterocycles. The van der Waals surface area contributed by atoms with Gasteiger partial charge in [0.1, 0.15) is 16.4 Å². The largest absolute Gasteiger partial charge is 0.378 e. The van der Waals surface area contributed by atoms with E-state index < -0.39 is 10.0 Å². The number of benzene rings is 1. The Morgan fingerprint density at radius 1 is 1.25 bits per heavy atom. The van der Waals surface area contributed by atoms with Crippen molar-refractivity contribution in [3.05, 3.63) is 47.6 Å². The van der Waals surface area contributed by atoms with E-state index in [4.69, 9.17) is 4.74 Å². The van der Waals surface area contributed by atoms with E-state index in [9.17, 15) is 13.2 Å². The molecule has 1 saturated heterocycles. The van der Waals surface area contributed by atoms with Crippen LogP contribution in [0.5, 0.6) is 0 Å². The van der Waals surface area contributed by atoms with E-state index in [1.165, 1.54) is 17.5 Å². The predicted octanol–water partition coefficient (Wildman–Crippen LogP) is 3.30. The van der Waals surface area contributed by atoms with E-state index in [1.807, 2.05) is 30.7 Å². The van der Waals surface area contributed by atoms with Crippen molar-refractivity contribution >= 4 is 44.7 Å². The number of aromatic nitrogens is 2. The molecule has 170 valence electrons. The summed E-state index contributed by atoms with van der Waals surface area (Å²) in [6.07, 6.45) is 3.46. The Hall–Kier alpha value is -2.34. The number of morpholine rings is 1. The predicted molar refractivity (Wildman–Crippen MR) is 127 cm³/mol. The molecule has 1 aliphatic rings. The molecule has 1 N–H and O–H groups in total. The summed E-state index contributed by atoms with van der Waals surface area (Å²) >= 11 is 3.00. The molecule has 0 aliphatic carbocycles. The van der Waals surface area contributed by atoms with Gasteiger partial charge < -0.3 is 14.2 Å². The van der Waals surface area contributed by atoms with Crippen molar-refractivity contribution in [2.75, 3.05) is 37.3 Å². The van der Waals surface area contributed by atoms with Gasteiger partial charge in [-0.2, -0.15) is 0 Å². The van der Waals surface area contributed by atoms with Gasteiger partial charge in [0.15, 0.2) is 0 Å². The average Bonchev–Trinajstić information content (AvgIpc) is 3.41. The number of ether oxygens (including phenoxy) is 1. The number of thioether (sulfide) groups is 1. The fourth-order valence-corrected chi connectivity index (χ4v) is 5.68. The van der Waals surface area contributed by atoms with Crippen LogP contribution in [0.4, 0.5) is 5.69 Å². The molecule has 32 heavy (non-hydrogen) atoms. The molecule has 1 fully saturated rings. The number of aryl methyl sites for hydroxylation is 1. The first-order valence-electron chi connectivity index (χ1n) is 10.0. The third-order valence-corrected chi connectivity index (χ3v) is 8.11. The Morgan fingerprint density at radius 3 is 2.59 bits per heavy atom. The number of nitrogens with zero attached hydrogens (tertiary/aromatic N) is 3. The molecule has 0 unspecified atom stereocenters. The molecule has 8 nitrogen and oxygen atoms in total. The highest BCUT2D eigenvalue weighted by molar-refractivity contribution is 7.98. The maximum absolute atomic E-state index is 13.1. The second kappa shape index (κ2) is 9.65. The van der Waals surface area contributed by atoms with E-state index in [1.54, 1.807) is 39.4 Å². The number of anilines is 1.